The summed E-state index contributed by atoms with van der Waals surface area (Å²) in [6.07, 6.45) is 3.71. The Hall–Kier alpha value is -2.55. The number of rotatable bonds is 4. The first-order valence-corrected chi connectivity index (χ1v) is 9.60. The average molecular weight is 371 g/mol. The topological polar surface area (TPSA) is 84.1 Å². The SMILES string of the molecule is CCc1nsc(N2CCCN(c3ncccc3-c3nc(C)no3)CC2)n1. The minimum absolute atomic E-state index is 0.517. The highest BCUT2D eigenvalue weighted by atomic mass is 32.1. The maximum atomic E-state index is 5.36. The first-order valence-electron chi connectivity index (χ1n) is 8.82. The molecule has 0 bridgehead atoms. The van der Waals surface area contributed by atoms with Gasteiger partial charge in [-0.15, -0.1) is 0 Å². The standard InChI is InChI=1S/C17H21N7OS/c1-3-14-20-17(26-22-14)24-9-5-8-23(10-11-24)15-13(6-4-7-18-15)16-19-12(2)21-25-16/h4,6-7H,3,5,8-11H2,1-2H3. The minimum Gasteiger partial charge on any atom is -0.354 e. The van der Waals surface area contributed by atoms with Gasteiger partial charge in [-0.1, -0.05) is 12.1 Å². The Morgan fingerprint density at radius 1 is 1.15 bits per heavy atom. The summed E-state index contributed by atoms with van der Waals surface area (Å²) in [6, 6.07) is 3.88. The first kappa shape index (κ1) is 16.9. The van der Waals surface area contributed by atoms with E-state index < -0.39 is 0 Å². The quantitative estimate of drug-likeness (QED) is 0.692. The van der Waals surface area contributed by atoms with Gasteiger partial charge in [0.2, 0.25) is 5.13 Å². The smallest absolute Gasteiger partial charge is 0.261 e. The molecule has 0 N–H and O–H groups in total. The number of aromatic nitrogens is 5. The molecule has 0 atom stereocenters. The summed E-state index contributed by atoms with van der Waals surface area (Å²) in [5.41, 5.74) is 0.880. The van der Waals surface area contributed by atoms with Gasteiger partial charge < -0.3 is 14.3 Å². The Morgan fingerprint density at radius 3 is 2.77 bits per heavy atom. The second-order valence-electron chi connectivity index (χ2n) is 6.20. The molecule has 1 saturated heterocycles. The van der Waals surface area contributed by atoms with Crippen molar-refractivity contribution in [2.75, 3.05) is 36.0 Å². The monoisotopic (exact) mass is 371 g/mol. The van der Waals surface area contributed by atoms with Gasteiger partial charge in [0, 0.05) is 50.3 Å². The van der Waals surface area contributed by atoms with Crippen LogP contribution in [0.5, 0.6) is 0 Å². The Bertz CT molecular complexity index is 877. The summed E-state index contributed by atoms with van der Waals surface area (Å²) in [4.78, 5) is 18.2. The zero-order chi connectivity index (χ0) is 17.9. The third kappa shape index (κ3) is 3.39. The summed E-state index contributed by atoms with van der Waals surface area (Å²) in [5.74, 6) is 2.96. The van der Waals surface area contributed by atoms with Gasteiger partial charge in [0.1, 0.15) is 11.6 Å². The average Bonchev–Trinajstić information content (AvgIpc) is 3.25. The molecule has 136 valence electrons. The molecule has 4 heterocycles. The normalized spacial score (nSPS) is 15.3. The van der Waals surface area contributed by atoms with Gasteiger partial charge in [0.15, 0.2) is 5.82 Å². The van der Waals surface area contributed by atoms with Gasteiger partial charge in [0.05, 0.1) is 5.56 Å². The summed E-state index contributed by atoms with van der Waals surface area (Å²) >= 11 is 1.49. The predicted octanol–water partition coefficient (Wildman–Crippen LogP) is 2.57. The van der Waals surface area contributed by atoms with Crippen LogP contribution >= 0.6 is 11.5 Å². The lowest BCUT2D eigenvalue weighted by molar-refractivity contribution is 0.425. The van der Waals surface area contributed by atoms with Gasteiger partial charge in [-0.25, -0.2) is 9.97 Å². The fraction of sp³-hybridized carbons (Fsp3) is 0.471. The molecule has 4 rings (SSSR count). The lowest BCUT2D eigenvalue weighted by Gasteiger charge is -2.23. The fourth-order valence-corrected chi connectivity index (χ4v) is 3.86. The van der Waals surface area contributed by atoms with Crippen molar-refractivity contribution in [3.05, 3.63) is 30.0 Å². The van der Waals surface area contributed by atoms with E-state index in [1.165, 1.54) is 11.5 Å². The molecular formula is C17H21N7OS. The lowest BCUT2D eigenvalue weighted by atomic mass is 10.2. The molecule has 0 aliphatic carbocycles. The molecule has 0 saturated carbocycles. The minimum atomic E-state index is 0.517. The van der Waals surface area contributed by atoms with Crippen molar-refractivity contribution in [1.82, 2.24) is 24.5 Å². The highest BCUT2D eigenvalue weighted by molar-refractivity contribution is 7.09. The first-order chi connectivity index (χ1) is 12.7. The van der Waals surface area contributed by atoms with Gasteiger partial charge >= 0.3 is 0 Å². The van der Waals surface area contributed by atoms with E-state index in [2.05, 4.69) is 41.2 Å². The molecule has 0 amide bonds. The van der Waals surface area contributed by atoms with E-state index in [1.54, 1.807) is 0 Å². The molecule has 1 fully saturated rings. The van der Waals surface area contributed by atoms with E-state index in [0.29, 0.717) is 11.7 Å². The van der Waals surface area contributed by atoms with Crippen molar-refractivity contribution in [1.29, 1.82) is 0 Å². The third-order valence-corrected chi connectivity index (χ3v) is 5.20. The highest BCUT2D eigenvalue weighted by Gasteiger charge is 2.22. The Kier molecular flexibility index (Phi) is 4.79. The van der Waals surface area contributed by atoms with Gasteiger partial charge in [-0.2, -0.15) is 9.36 Å². The van der Waals surface area contributed by atoms with Crippen LogP contribution in [-0.4, -0.2) is 50.7 Å². The van der Waals surface area contributed by atoms with Crippen molar-refractivity contribution < 1.29 is 4.52 Å². The van der Waals surface area contributed by atoms with Crippen LogP contribution in [0.15, 0.2) is 22.9 Å². The largest absolute Gasteiger partial charge is 0.354 e. The van der Waals surface area contributed by atoms with E-state index >= 15 is 0 Å². The maximum absolute atomic E-state index is 5.36. The van der Waals surface area contributed by atoms with Crippen molar-refractivity contribution in [2.24, 2.45) is 0 Å². The molecule has 3 aromatic heterocycles. The zero-order valence-electron chi connectivity index (χ0n) is 14.9. The summed E-state index contributed by atoms with van der Waals surface area (Å²) in [6.45, 7) is 7.54. The Morgan fingerprint density at radius 2 is 2.00 bits per heavy atom. The molecule has 8 nitrogen and oxygen atoms in total. The molecule has 26 heavy (non-hydrogen) atoms. The zero-order valence-corrected chi connectivity index (χ0v) is 15.7. The second kappa shape index (κ2) is 7.36. The molecule has 3 aromatic rings. The molecular weight excluding hydrogens is 350 g/mol. The second-order valence-corrected chi connectivity index (χ2v) is 6.93. The molecule has 0 spiro atoms. The maximum Gasteiger partial charge on any atom is 0.261 e. The van der Waals surface area contributed by atoms with Crippen LogP contribution in [0.1, 0.15) is 25.0 Å². The van der Waals surface area contributed by atoms with Crippen molar-refractivity contribution >= 4 is 22.5 Å². The molecule has 0 radical (unpaired) electrons. The van der Waals surface area contributed by atoms with Crippen LogP contribution in [0.25, 0.3) is 11.5 Å². The molecule has 9 heteroatoms. The van der Waals surface area contributed by atoms with Crippen LogP contribution in [0.2, 0.25) is 0 Å². The lowest BCUT2D eigenvalue weighted by Crippen LogP contribution is -2.31. The number of nitrogens with zero attached hydrogens (tertiary/aromatic N) is 7. The van der Waals surface area contributed by atoms with Gasteiger partial charge in [0.25, 0.3) is 5.89 Å². The number of pyridine rings is 1. The molecule has 1 aliphatic heterocycles. The Labute approximate surface area is 156 Å². The predicted molar refractivity (Wildman–Crippen MR) is 101 cm³/mol. The fourth-order valence-electron chi connectivity index (χ4n) is 3.06. The van der Waals surface area contributed by atoms with Crippen LogP contribution < -0.4 is 9.80 Å². The summed E-state index contributed by atoms with van der Waals surface area (Å²) in [5, 5.41) is 4.92. The number of hydrogen-bond donors (Lipinski definition) is 0. The van der Waals surface area contributed by atoms with Crippen LogP contribution in [0.4, 0.5) is 10.9 Å². The van der Waals surface area contributed by atoms with E-state index in [9.17, 15) is 0 Å². The van der Waals surface area contributed by atoms with Crippen LogP contribution in [-0.2, 0) is 6.42 Å². The van der Waals surface area contributed by atoms with Gasteiger partial charge in [-0.05, 0) is 25.5 Å². The van der Waals surface area contributed by atoms with E-state index in [1.807, 2.05) is 25.3 Å². The number of aryl methyl sites for hydroxylation is 2. The summed E-state index contributed by atoms with van der Waals surface area (Å²) in [7, 11) is 0. The van der Waals surface area contributed by atoms with E-state index in [0.717, 1.165) is 61.4 Å². The van der Waals surface area contributed by atoms with Crippen LogP contribution in [0, 0.1) is 6.92 Å². The number of anilines is 2. The van der Waals surface area contributed by atoms with Crippen molar-refractivity contribution in [3.63, 3.8) is 0 Å². The van der Waals surface area contributed by atoms with Crippen LogP contribution in [0.3, 0.4) is 0 Å². The number of hydrogen-bond acceptors (Lipinski definition) is 9. The van der Waals surface area contributed by atoms with E-state index in [-0.39, 0.29) is 0 Å². The molecule has 0 aromatic carbocycles. The Balaban J connectivity index is 1.54. The van der Waals surface area contributed by atoms with Gasteiger partial charge in [-0.3, -0.25) is 0 Å². The van der Waals surface area contributed by atoms with Crippen molar-refractivity contribution in [3.8, 4) is 11.5 Å². The van der Waals surface area contributed by atoms with Crippen molar-refractivity contribution in [2.45, 2.75) is 26.7 Å². The van der Waals surface area contributed by atoms with E-state index in [4.69, 9.17) is 4.52 Å². The third-order valence-electron chi connectivity index (χ3n) is 4.38. The molecule has 1 aliphatic rings. The highest BCUT2D eigenvalue weighted by Crippen LogP contribution is 2.29. The summed E-state index contributed by atoms with van der Waals surface area (Å²) < 4.78 is 9.77. The molecule has 0 unspecified atom stereocenters.